The Morgan fingerprint density at radius 2 is 2.33 bits per heavy atom. The molecular weight excluding hydrogens is 436 g/mol. The van der Waals surface area contributed by atoms with Crippen molar-refractivity contribution in [2.75, 3.05) is 23.3 Å². The molecule has 0 radical (unpaired) electrons. The monoisotopic (exact) mass is 454 g/mol. The summed E-state index contributed by atoms with van der Waals surface area (Å²) in [6.45, 7) is 3.37. The number of nitrogens with one attached hydrogen (secondary N) is 2. The third-order valence-corrected chi connectivity index (χ3v) is 5.08. The molecule has 4 rings (SSSR count). The van der Waals surface area contributed by atoms with E-state index >= 15 is 0 Å². The Labute approximate surface area is 170 Å². The number of pyridine rings is 1. The molecule has 0 aromatic carbocycles. The van der Waals surface area contributed by atoms with E-state index in [2.05, 4.69) is 41.1 Å². The Morgan fingerprint density at radius 1 is 1.52 bits per heavy atom. The lowest BCUT2D eigenvalue weighted by Crippen LogP contribution is -2.43. The van der Waals surface area contributed by atoms with Crippen molar-refractivity contribution >= 4 is 56.7 Å². The van der Waals surface area contributed by atoms with Gasteiger partial charge in [-0.05, 0) is 28.8 Å². The van der Waals surface area contributed by atoms with E-state index < -0.39 is 0 Å². The summed E-state index contributed by atoms with van der Waals surface area (Å²) in [6, 6.07) is 0.133. The molecule has 1 atom stereocenters. The first-order valence-electron chi connectivity index (χ1n) is 8.42. The molecule has 1 fully saturated rings. The molecule has 4 heterocycles. The Kier molecular flexibility index (Phi) is 5.73. The quantitative estimate of drug-likeness (QED) is 0.559. The number of piperidine rings is 1. The van der Waals surface area contributed by atoms with E-state index in [-0.39, 0.29) is 30.0 Å². The van der Waals surface area contributed by atoms with E-state index in [0.717, 1.165) is 41.5 Å². The molecule has 1 saturated heterocycles. The fourth-order valence-corrected chi connectivity index (χ4v) is 3.88. The van der Waals surface area contributed by atoms with Gasteiger partial charge in [0.15, 0.2) is 11.6 Å². The van der Waals surface area contributed by atoms with Crippen molar-refractivity contribution in [2.45, 2.75) is 25.8 Å². The number of rotatable bonds is 3. The van der Waals surface area contributed by atoms with Gasteiger partial charge in [-0.3, -0.25) is 4.79 Å². The number of carbonyl (C=O) groups excluding carboxylic acids is 1. The van der Waals surface area contributed by atoms with E-state index in [0.29, 0.717) is 17.2 Å². The summed E-state index contributed by atoms with van der Waals surface area (Å²) in [5.41, 5.74) is 8.73. The van der Waals surface area contributed by atoms with Crippen molar-refractivity contribution in [3.63, 3.8) is 0 Å². The average molecular weight is 456 g/mol. The number of hydrogen-bond acceptors (Lipinski definition) is 6. The van der Waals surface area contributed by atoms with Crippen LogP contribution in [-0.2, 0) is 0 Å². The minimum absolute atomic E-state index is 0. The number of aromatic amines is 1. The molecule has 1 aliphatic rings. The average Bonchev–Trinajstić information content (AvgIpc) is 3.22. The number of nitrogens with two attached hydrogens (primary N) is 1. The molecule has 8 nitrogen and oxygen atoms in total. The number of aryl methyl sites for hydroxylation is 1. The molecular formula is C17H20BrClN6O2. The standard InChI is InChI=1S/C17H19BrN6O2.ClH/c1-9-22-13(8-26-9)17(25)23-12-6-21-16-14(12)15(11(18)5-20-16)24-4-2-3-10(19)7-24;/h5-6,8,10H,2-4,7,19H2,1H3,(H,20,21)(H,23,25);1H. The van der Waals surface area contributed by atoms with E-state index in [9.17, 15) is 4.79 Å². The van der Waals surface area contributed by atoms with E-state index in [1.165, 1.54) is 6.26 Å². The maximum Gasteiger partial charge on any atom is 0.277 e. The highest BCUT2D eigenvalue weighted by Crippen LogP contribution is 2.38. The Balaban J connectivity index is 0.00000210. The van der Waals surface area contributed by atoms with Crippen molar-refractivity contribution in [1.29, 1.82) is 0 Å². The first-order chi connectivity index (χ1) is 12.5. The summed E-state index contributed by atoms with van der Waals surface area (Å²) in [6.07, 6.45) is 6.90. The van der Waals surface area contributed by atoms with Gasteiger partial charge < -0.3 is 25.4 Å². The minimum Gasteiger partial charge on any atom is -0.448 e. The number of H-pyrrole nitrogens is 1. The zero-order valence-electron chi connectivity index (χ0n) is 14.7. The molecule has 10 heteroatoms. The Bertz CT molecular complexity index is 972. The molecule has 4 N–H and O–H groups in total. The molecule has 3 aromatic heterocycles. The van der Waals surface area contributed by atoms with E-state index in [1.54, 1.807) is 19.3 Å². The van der Waals surface area contributed by atoms with Gasteiger partial charge in [0.2, 0.25) is 0 Å². The molecule has 27 heavy (non-hydrogen) atoms. The third-order valence-electron chi connectivity index (χ3n) is 4.50. The molecule has 3 aromatic rings. The molecule has 0 spiro atoms. The molecule has 1 unspecified atom stereocenters. The predicted molar refractivity (Wildman–Crippen MR) is 110 cm³/mol. The lowest BCUT2D eigenvalue weighted by Gasteiger charge is -2.33. The SMILES string of the molecule is Cc1nc(C(=O)Nc2c[nH]c3ncc(Br)c(N4CCCC(N)C4)c23)co1.Cl. The normalized spacial score (nSPS) is 17.0. The number of anilines is 2. The lowest BCUT2D eigenvalue weighted by atomic mass is 10.1. The summed E-state index contributed by atoms with van der Waals surface area (Å²) in [5, 5.41) is 3.75. The predicted octanol–water partition coefficient (Wildman–Crippen LogP) is 3.22. The second kappa shape index (κ2) is 7.87. The van der Waals surface area contributed by atoms with Crippen LogP contribution >= 0.6 is 28.3 Å². The molecule has 0 bridgehead atoms. The van der Waals surface area contributed by atoms with Gasteiger partial charge in [-0.2, -0.15) is 0 Å². The van der Waals surface area contributed by atoms with Crippen LogP contribution in [0.1, 0.15) is 29.2 Å². The zero-order chi connectivity index (χ0) is 18.3. The van der Waals surface area contributed by atoms with Crippen LogP contribution in [0.15, 0.2) is 27.5 Å². The van der Waals surface area contributed by atoms with Gasteiger partial charge in [0, 0.05) is 38.4 Å². The minimum atomic E-state index is -0.330. The topological polar surface area (TPSA) is 113 Å². The first kappa shape index (κ1) is 19.7. The van der Waals surface area contributed by atoms with Gasteiger partial charge >= 0.3 is 0 Å². The molecule has 0 saturated carbocycles. The summed E-state index contributed by atoms with van der Waals surface area (Å²) in [4.78, 5) is 26.3. The molecule has 1 aliphatic heterocycles. The highest BCUT2D eigenvalue weighted by atomic mass is 79.9. The number of fused-ring (bicyclic) bond motifs is 1. The summed E-state index contributed by atoms with van der Waals surface area (Å²) in [5.74, 6) is 0.116. The Hall–Kier alpha value is -2.10. The number of hydrogen-bond donors (Lipinski definition) is 3. The van der Waals surface area contributed by atoms with Gasteiger partial charge in [0.1, 0.15) is 11.9 Å². The van der Waals surface area contributed by atoms with E-state index in [1.807, 2.05) is 0 Å². The summed E-state index contributed by atoms with van der Waals surface area (Å²) < 4.78 is 5.99. The third kappa shape index (κ3) is 3.80. The number of halogens is 2. The van der Waals surface area contributed by atoms with Gasteiger partial charge in [-0.25, -0.2) is 9.97 Å². The number of nitrogens with zero attached hydrogens (tertiary/aromatic N) is 3. The number of oxazole rings is 1. The maximum atomic E-state index is 12.5. The largest absolute Gasteiger partial charge is 0.448 e. The van der Waals surface area contributed by atoms with Crippen molar-refractivity contribution in [3.05, 3.63) is 34.7 Å². The van der Waals surface area contributed by atoms with Crippen molar-refractivity contribution in [3.8, 4) is 0 Å². The number of amides is 1. The smallest absolute Gasteiger partial charge is 0.277 e. The Morgan fingerprint density at radius 3 is 3.04 bits per heavy atom. The van der Waals surface area contributed by atoms with Crippen molar-refractivity contribution < 1.29 is 9.21 Å². The molecule has 1 amide bonds. The first-order valence-corrected chi connectivity index (χ1v) is 9.22. The molecule has 0 aliphatic carbocycles. The summed E-state index contributed by atoms with van der Waals surface area (Å²) in [7, 11) is 0. The van der Waals surface area contributed by atoms with Gasteiger partial charge in [0.25, 0.3) is 5.91 Å². The second-order valence-corrected chi connectivity index (χ2v) is 7.29. The second-order valence-electron chi connectivity index (χ2n) is 6.43. The van der Waals surface area contributed by atoms with Crippen LogP contribution < -0.4 is 16.0 Å². The van der Waals surface area contributed by atoms with Crippen LogP contribution in [0.5, 0.6) is 0 Å². The van der Waals surface area contributed by atoms with Crippen molar-refractivity contribution in [1.82, 2.24) is 15.0 Å². The van der Waals surface area contributed by atoms with Gasteiger partial charge in [-0.1, -0.05) is 0 Å². The lowest BCUT2D eigenvalue weighted by molar-refractivity contribution is 0.102. The fraction of sp³-hybridized carbons (Fsp3) is 0.353. The number of aromatic nitrogens is 3. The van der Waals surface area contributed by atoms with Gasteiger partial charge in [-0.15, -0.1) is 12.4 Å². The van der Waals surface area contributed by atoms with Crippen molar-refractivity contribution in [2.24, 2.45) is 5.73 Å². The highest BCUT2D eigenvalue weighted by molar-refractivity contribution is 9.10. The molecule has 144 valence electrons. The van der Waals surface area contributed by atoms with E-state index in [4.69, 9.17) is 10.2 Å². The van der Waals surface area contributed by atoms with Crippen LogP contribution in [-0.4, -0.2) is 40.0 Å². The number of carbonyl (C=O) groups is 1. The van der Waals surface area contributed by atoms with Crippen LogP contribution in [0.25, 0.3) is 11.0 Å². The summed E-state index contributed by atoms with van der Waals surface area (Å²) >= 11 is 3.61. The van der Waals surface area contributed by atoms with Gasteiger partial charge in [0.05, 0.1) is 21.2 Å². The zero-order valence-corrected chi connectivity index (χ0v) is 17.1. The van der Waals surface area contributed by atoms with Crippen LogP contribution in [0.2, 0.25) is 0 Å². The maximum absolute atomic E-state index is 12.5. The van der Waals surface area contributed by atoms with Crippen LogP contribution in [0, 0.1) is 6.92 Å². The van der Waals surface area contributed by atoms with Crippen LogP contribution in [0.4, 0.5) is 11.4 Å². The van der Waals surface area contributed by atoms with Crippen LogP contribution in [0.3, 0.4) is 0 Å². The highest BCUT2D eigenvalue weighted by Gasteiger charge is 2.24. The fourth-order valence-electron chi connectivity index (χ4n) is 3.33.